The summed E-state index contributed by atoms with van der Waals surface area (Å²) in [5.74, 6) is -0.293. The molecule has 0 spiro atoms. The van der Waals surface area contributed by atoms with E-state index in [2.05, 4.69) is 0 Å². The zero-order valence-electron chi connectivity index (χ0n) is 12.2. The molecule has 0 radical (unpaired) electrons. The Hall–Kier alpha value is -2.89. The number of carbonyl (C=O) groups is 1. The lowest BCUT2D eigenvalue weighted by Gasteiger charge is -2.08. The average Bonchev–Trinajstić information content (AvgIpc) is 2.52. The molecule has 0 aliphatic heterocycles. The molecule has 2 aromatic carbocycles. The summed E-state index contributed by atoms with van der Waals surface area (Å²) in [4.78, 5) is 22.0. The van der Waals surface area contributed by atoms with Crippen LogP contribution in [0.25, 0.3) is 16.8 Å². The molecule has 2 rings (SSSR count). The first-order valence-electron chi connectivity index (χ1n) is 6.67. The Kier molecular flexibility index (Phi) is 4.73. The summed E-state index contributed by atoms with van der Waals surface area (Å²) >= 11 is 0. The van der Waals surface area contributed by atoms with Crippen molar-refractivity contribution >= 4 is 22.8 Å². The van der Waals surface area contributed by atoms with Crippen LogP contribution in [0.5, 0.6) is 5.75 Å². The first-order valence-corrected chi connectivity index (χ1v) is 6.67. The first-order chi connectivity index (χ1) is 10.6. The van der Waals surface area contributed by atoms with Crippen LogP contribution >= 0.6 is 0 Å². The fraction of sp³-hybridized carbons (Fsp3) is 0.188. The molecule has 0 saturated carbocycles. The molecule has 0 fully saturated rings. The lowest BCUT2D eigenvalue weighted by atomic mass is 10.0. The second-order valence-corrected chi connectivity index (χ2v) is 4.41. The van der Waals surface area contributed by atoms with E-state index in [0.717, 1.165) is 10.8 Å². The van der Waals surface area contributed by atoms with Gasteiger partial charge in [-0.05, 0) is 23.9 Å². The van der Waals surface area contributed by atoms with E-state index in [1.54, 1.807) is 26.2 Å². The maximum Gasteiger partial charge on any atom is 0.409 e. The van der Waals surface area contributed by atoms with E-state index in [-0.39, 0.29) is 6.61 Å². The quantitative estimate of drug-likeness (QED) is 0.367. The molecule has 0 atom stereocenters. The van der Waals surface area contributed by atoms with Crippen LogP contribution in [-0.2, 0) is 9.53 Å². The van der Waals surface area contributed by atoms with Crippen molar-refractivity contribution in [3.8, 4) is 5.75 Å². The fourth-order valence-corrected chi connectivity index (χ4v) is 2.14. The molecule has 0 aromatic heterocycles. The van der Waals surface area contributed by atoms with Gasteiger partial charge in [-0.1, -0.05) is 30.3 Å². The van der Waals surface area contributed by atoms with Crippen molar-refractivity contribution in [3.63, 3.8) is 0 Å². The smallest absolute Gasteiger partial charge is 0.409 e. The second-order valence-electron chi connectivity index (χ2n) is 4.41. The molecule has 2 aromatic rings. The SMILES string of the molecule is CCOC(=O)/C(=C\c1ccc(OC)c2ccccc12)[N+](=O)[O-]. The van der Waals surface area contributed by atoms with Gasteiger partial charge in [0.1, 0.15) is 5.75 Å². The number of methoxy groups -OCH3 is 1. The number of nitro groups is 1. The number of rotatable bonds is 5. The standard InChI is InChI=1S/C16H15NO5/c1-3-22-16(18)14(17(19)20)10-11-8-9-15(21-2)13-7-5-4-6-12(11)13/h4-10H,3H2,1-2H3/b14-10+. The van der Waals surface area contributed by atoms with Gasteiger partial charge < -0.3 is 9.47 Å². The monoisotopic (exact) mass is 301 g/mol. The molecule has 0 saturated heterocycles. The van der Waals surface area contributed by atoms with E-state index in [1.165, 1.54) is 6.08 Å². The highest BCUT2D eigenvalue weighted by atomic mass is 16.6. The highest BCUT2D eigenvalue weighted by molar-refractivity contribution is 5.98. The molecule has 0 bridgehead atoms. The predicted molar refractivity (Wildman–Crippen MR) is 82.1 cm³/mol. The van der Waals surface area contributed by atoms with Crippen molar-refractivity contribution in [1.29, 1.82) is 0 Å². The summed E-state index contributed by atoms with van der Waals surface area (Å²) in [6, 6.07) is 10.7. The lowest BCUT2D eigenvalue weighted by Crippen LogP contribution is -2.14. The topological polar surface area (TPSA) is 78.7 Å². The molecule has 0 N–H and O–H groups in total. The van der Waals surface area contributed by atoms with Crippen LogP contribution in [0.4, 0.5) is 0 Å². The van der Waals surface area contributed by atoms with Crippen molar-refractivity contribution in [2.75, 3.05) is 13.7 Å². The second kappa shape index (κ2) is 6.71. The minimum Gasteiger partial charge on any atom is -0.496 e. The molecule has 6 nitrogen and oxygen atoms in total. The van der Waals surface area contributed by atoms with Crippen LogP contribution in [-0.4, -0.2) is 24.6 Å². The third-order valence-corrected chi connectivity index (χ3v) is 3.11. The zero-order chi connectivity index (χ0) is 16.1. The van der Waals surface area contributed by atoms with Gasteiger partial charge in [-0.2, -0.15) is 0 Å². The van der Waals surface area contributed by atoms with Gasteiger partial charge in [-0.15, -0.1) is 0 Å². The Labute approximate surface area is 127 Å². The summed E-state index contributed by atoms with van der Waals surface area (Å²) < 4.78 is 10.00. The predicted octanol–water partition coefficient (Wildman–Crippen LogP) is 3.03. The molecule has 114 valence electrons. The van der Waals surface area contributed by atoms with Gasteiger partial charge in [-0.3, -0.25) is 10.1 Å². The van der Waals surface area contributed by atoms with Crippen LogP contribution in [0.1, 0.15) is 12.5 Å². The molecule has 6 heteroatoms. The van der Waals surface area contributed by atoms with Crippen LogP contribution in [0.15, 0.2) is 42.1 Å². The Morgan fingerprint density at radius 1 is 1.23 bits per heavy atom. The largest absolute Gasteiger partial charge is 0.496 e. The normalized spacial score (nSPS) is 11.3. The van der Waals surface area contributed by atoms with Gasteiger partial charge >= 0.3 is 11.7 Å². The van der Waals surface area contributed by atoms with Crippen molar-refractivity contribution in [1.82, 2.24) is 0 Å². The highest BCUT2D eigenvalue weighted by Crippen LogP contribution is 2.29. The molecule has 0 aliphatic carbocycles. The van der Waals surface area contributed by atoms with Crippen LogP contribution in [0.3, 0.4) is 0 Å². The van der Waals surface area contributed by atoms with Crippen LogP contribution in [0, 0.1) is 10.1 Å². The van der Waals surface area contributed by atoms with E-state index >= 15 is 0 Å². The van der Waals surface area contributed by atoms with Gasteiger partial charge in [0.15, 0.2) is 0 Å². The van der Waals surface area contributed by atoms with Crippen molar-refractivity contribution in [3.05, 3.63) is 57.8 Å². The van der Waals surface area contributed by atoms with E-state index in [0.29, 0.717) is 11.3 Å². The number of fused-ring (bicyclic) bond motifs is 1. The molecular formula is C16H15NO5. The molecule has 0 aliphatic rings. The first kappa shape index (κ1) is 15.5. The number of ether oxygens (including phenoxy) is 2. The van der Waals surface area contributed by atoms with E-state index < -0.39 is 16.6 Å². The number of carbonyl (C=O) groups excluding carboxylic acids is 1. The van der Waals surface area contributed by atoms with Gasteiger partial charge in [-0.25, -0.2) is 4.79 Å². The lowest BCUT2D eigenvalue weighted by molar-refractivity contribution is -0.419. The van der Waals surface area contributed by atoms with Gasteiger partial charge in [0.2, 0.25) is 0 Å². The number of nitrogens with zero attached hydrogens (tertiary/aromatic N) is 1. The molecule has 0 heterocycles. The van der Waals surface area contributed by atoms with Crippen LogP contribution < -0.4 is 4.74 Å². The third-order valence-electron chi connectivity index (χ3n) is 3.11. The number of esters is 1. The summed E-state index contributed by atoms with van der Waals surface area (Å²) in [7, 11) is 1.55. The Morgan fingerprint density at radius 3 is 2.50 bits per heavy atom. The van der Waals surface area contributed by atoms with E-state index in [1.807, 2.05) is 24.3 Å². The van der Waals surface area contributed by atoms with Gasteiger partial charge in [0.05, 0.1) is 18.6 Å². The summed E-state index contributed by atoms with van der Waals surface area (Å²) in [5, 5.41) is 12.7. The van der Waals surface area contributed by atoms with Crippen molar-refractivity contribution < 1.29 is 19.2 Å². The minimum absolute atomic E-state index is 0.0768. The highest BCUT2D eigenvalue weighted by Gasteiger charge is 2.23. The Bertz CT molecular complexity index is 751. The fourth-order valence-electron chi connectivity index (χ4n) is 2.14. The minimum atomic E-state index is -0.951. The average molecular weight is 301 g/mol. The number of hydrogen-bond donors (Lipinski definition) is 0. The molecule has 0 amide bonds. The summed E-state index contributed by atoms with van der Waals surface area (Å²) in [6.45, 7) is 1.67. The summed E-state index contributed by atoms with van der Waals surface area (Å²) in [5.41, 5.74) is -0.0478. The van der Waals surface area contributed by atoms with Crippen molar-refractivity contribution in [2.45, 2.75) is 6.92 Å². The Balaban J connectivity index is 2.61. The number of benzene rings is 2. The Morgan fingerprint density at radius 2 is 1.91 bits per heavy atom. The van der Waals surface area contributed by atoms with Gasteiger partial charge in [0, 0.05) is 11.5 Å². The molecular weight excluding hydrogens is 286 g/mol. The molecule has 22 heavy (non-hydrogen) atoms. The summed E-state index contributed by atoms with van der Waals surface area (Å²) in [6.07, 6.45) is 1.22. The van der Waals surface area contributed by atoms with E-state index in [4.69, 9.17) is 9.47 Å². The maximum absolute atomic E-state index is 11.7. The maximum atomic E-state index is 11.7. The van der Waals surface area contributed by atoms with E-state index in [9.17, 15) is 14.9 Å². The number of hydrogen-bond acceptors (Lipinski definition) is 5. The van der Waals surface area contributed by atoms with Crippen molar-refractivity contribution in [2.24, 2.45) is 0 Å². The third kappa shape index (κ3) is 3.06. The molecule has 0 unspecified atom stereocenters. The zero-order valence-corrected chi connectivity index (χ0v) is 12.2. The van der Waals surface area contributed by atoms with Crippen LogP contribution in [0.2, 0.25) is 0 Å². The van der Waals surface area contributed by atoms with Gasteiger partial charge in [0.25, 0.3) is 0 Å².